The topological polar surface area (TPSA) is 37.3 Å². The molecular formula is C11H19FO2. The molecule has 0 spiro atoms. The minimum absolute atomic E-state index is 0.179. The molecule has 0 aromatic carbocycles. The fraction of sp³-hybridized carbons (Fsp3) is 0.909. The highest BCUT2D eigenvalue weighted by atomic mass is 19.1. The molecule has 0 amide bonds. The molecule has 0 atom stereocenters. The predicted octanol–water partition coefficient (Wildman–Crippen LogP) is 3.02. The summed E-state index contributed by atoms with van der Waals surface area (Å²) >= 11 is 0. The summed E-state index contributed by atoms with van der Waals surface area (Å²) in [7, 11) is 0. The number of hydrogen-bond acceptors (Lipinski definition) is 1. The van der Waals surface area contributed by atoms with Gasteiger partial charge in [-0.2, -0.15) is 0 Å². The monoisotopic (exact) mass is 202 g/mol. The molecule has 1 fully saturated rings. The average molecular weight is 202 g/mol. The fourth-order valence-corrected chi connectivity index (χ4v) is 2.16. The number of aliphatic carboxylic acids is 1. The van der Waals surface area contributed by atoms with Gasteiger partial charge in [0.25, 0.3) is 0 Å². The maximum absolute atomic E-state index is 12.3. The van der Waals surface area contributed by atoms with Gasteiger partial charge in [0.15, 0.2) is 0 Å². The van der Waals surface area contributed by atoms with Crippen LogP contribution in [0.3, 0.4) is 0 Å². The van der Waals surface area contributed by atoms with E-state index >= 15 is 0 Å². The second kappa shape index (κ2) is 3.87. The molecule has 0 aromatic heterocycles. The molecule has 1 aliphatic carbocycles. The summed E-state index contributed by atoms with van der Waals surface area (Å²) in [5.74, 6) is -0.814. The van der Waals surface area contributed by atoms with Crippen molar-refractivity contribution in [2.75, 3.05) is 6.67 Å². The van der Waals surface area contributed by atoms with Gasteiger partial charge in [0.1, 0.15) is 0 Å². The summed E-state index contributed by atoms with van der Waals surface area (Å²) in [6.45, 7) is 3.77. The Balaban J connectivity index is 2.69. The van der Waals surface area contributed by atoms with Crippen molar-refractivity contribution < 1.29 is 14.3 Å². The first kappa shape index (κ1) is 11.5. The molecule has 0 saturated heterocycles. The first-order chi connectivity index (χ1) is 6.42. The van der Waals surface area contributed by atoms with Gasteiger partial charge >= 0.3 is 5.97 Å². The van der Waals surface area contributed by atoms with Crippen molar-refractivity contribution in [3.8, 4) is 0 Å². The van der Waals surface area contributed by atoms with Crippen molar-refractivity contribution in [1.29, 1.82) is 0 Å². The second-order valence-electron chi connectivity index (χ2n) is 5.19. The molecule has 0 aromatic rings. The van der Waals surface area contributed by atoms with E-state index in [2.05, 4.69) is 13.8 Å². The Morgan fingerprint density at radius 3 is 2.14 bits per heavy atom. The summed E-state index contributed by atoms with van der Waals surface area (Å²) in [6.07, 6.45) is 3.20. The van der Waals surface area contributed by atoms with Crippen LogP contribution >= 0.6 is 0 Å². The van der Waals surface area contributed by atoms with Crippen LogP contribution in [0.25, 0.3) is 0 Å². The third-order valence-corrected chi connectivity index (χ3v) is 3.59. The first-order valence-corrected chi connectivity index (χ1v) is 5.21. The van der Waals surface area contributed by atoms with Gasteiger partial charge in [-0.3, -0.25) is 9.18 Å². The van der Waals surface area contributed by atoms with Crippen molar-refractivity contribution in [3.05, 3.63) is 0 Å². The highest BCUT2D eigenvalue weighted by molar-refractivity contribution is 5.74. The molecule has 1 rings (SSSR count). The van der Waals surface area contributed by atoms with E-state index in [1.54, 1.807) is 0 Å². The molecule has 0 radical (unpaired) electrons. The Morgan fingerprint density at radius 2 is 1.79 bits per heavy atom. The van der Waals surface area contributed by atoms with Crippen molar-refractivity contribution >= 4 is 5.97 Å². The Morgan fingerprint density at radius 1 is 1.29 bits per heavy atom. The average Bonchev–Trinajstić information content (AvgIpc) is 2.09. The quantitative estimate of drug-likeness (QED) is 0.763. The lowest BCUT2D eigenvalue weighted by atomic mass is 9.64. The Hall–Kier alpha value is -0.600. The lowest BCUT2D eigenvalue weighted by Gasteiger charge is -2.40. The molecule has 2 nitrogen and oxygen atoms in total. The van der Waals surface area contributed by atoms with Crippen molar-refractivity contribution in [3.63, 3.8) is 0 Å². The Kier molecular flexibility index (Phi) is 3.17. The van der Waals surface area contributed by atoms with Gasteiger partial charge in [-0.25, -0.2) is 0 Å². The van der Waals surface area contributed by atoms with E-state index in [-0.39, 0.29) is 11.8 Å². The van der Waals surface area contributed by atoms with Crippen LogP contribution in [0.15, 0.2) is 0 Å². The van der Waals surface area contributed by atoms with Crippen LogP contribution in [0.5, 0.6) is 0 Å². The minimum Gasteiger partial charge on any atom is -0.481 e. The molecule has 0 bridgehead atoms. The molecular weight excluding hydrogens is 183 g/mol. The van der Waals surface area contributed by atoms with Crippen LogP contribution in [0.2, 0.25) is 0 Å². The molecule has 1 aliphatic rings. The SMILES string of the molecule is CC1(C)CCC(CCF)(C(=O)O)CC1. The maximum Gasteiger partial charge on any atom is 0.309 e. The number of alkyl halides is 1. The van der Waals surface area contributed by atoms with Crippen LogP contribution < -0.4 is 0 Å². The predicted molar refractivity (Wildman–Crippen MR) is 52.9 cm³/mol. The van der Waals surface area contributed by atoms with Gasteiger partial charge in [-0.15, -0.1) is 0 Å². The van der Waals surface area contributed by atoms with Crippen LogP contribution in [-0.2, 0) is 4.79 Å². The smallest absolute Gasteiger partial charge is 0.309 e. The van der Waals surface area contributed by atoms with Gasteiger partial charge in [0.05, 0.1) is 12.1 Å². The molecule has 82 valence electrons. The largest absolute Gasteiger partial charge is 0.481 e. The summed E-state index contributed by atoms with van der Waals surface area (Å²) in [6, 6.07) is 0. The zero-order chi connectivity index (χ0) is 10.8. The van der Waals surface area contributed by atoms with Crippen LogP contribution in [0.4, 0.5) is 4.39 Å². The zero-order valence-electron chi connectivity index (χ0n) is 8.98. The molecule has 14 heavy (non-hydrogen) atoms. The molecule has 0 aliphatic heterocycles. The van der Waals surface area contributed by atoms with Crippen LogP contribution in [0.1, 0.15) is 46.0 Å². The fourth-order valence-electron chi connectivity index (χ4n) is 2.16. The molecule has 0 unspecified atom stereocenters. The number of halogens is 1. The number of carboxylic acid groups (broad SMARTS) is 1. The van der Waals surface area contributed by atoms with Gasteiger partial charge in [0.2, 0.25) is 0 Å². The second-order valence-corrected chi connectivity index (χ2v) is 5.19. The number of rotatable bonds is 3. The van der Waals surface area contributed by atoms with Gasteiger partial charge in [0, 0.05) is 0 Å². The van der Waals surface area contributed by atoms with Crippen molar-refractivity contribution in [2.24, 2.45) is 10.8 Å². The summed E-state index contributed by atoms with van der Waals surface area (Å²) < 4.78 is 12.3. The molecule has 0 heterocycles. The minimum atomic E-state index is -0.814. The highest BCUT2D eigenvalue weighted by Gasteiger charge is 2.43. The van der Waals surface area contributed by atoms with E-state index < -0.39 is 18.1 Å². The molecule has 1 N–H and O–H groups in total. The first-order valence-electron chi connectivity index (χ1n) is 5.21. The van der Waals surface area contributed by atoms with E-state index in [0.717, 1.165) is 12.8 Å². The van der Waals surface area contributed by atoms with E-state index in [1.165, 1.54) is 0 Å². The molecule has 1 saturated carbocycles. The van der Waals surface area contributed by atoms with Crippen molar-refractivity contribution in [1.82, 2.24) is 0 Å². The maximum atomic E-state index is 12.3. The zero-order valence-corrected chi connectivity index (χ0v) is 8.98. The van der Waals surface area contributed by atoms with Crippen molar-refractivity contribution in [2.45, 2.75) is 46.0 Å². The normalized spacial score (nSPS) is 24.5. The van der Waals surface area contributed by atoms with E-state index in [9.17, 15) is 9.18 Å². The van der Waals surface area contributed by atoms with Crippen LogP contribution in [-0.4, -0.2) is 17.8 Å². The summed E-state index contributed by atoms with van der Waals surface area (Å²) in [5.41, 5.74) is -0.542. The number of carbonyl (C=O) groups is 1. The van der Waals surface area contributed by atoms with Crippen LogP contribution in [0, 0.1) is 10.8 Å². The Labute approximate surface area is 84.5 Å². The van der Waals surface area contributed by atoms with Gasteiger partial charge in [-0.1, -0.05) is 13.8 Å². The third kappa shape index (κ3) is 2.25. The van der Waals surface area contributed by atoms with Gasteiger partial charge in [-0.05, 0) is 37.5 Å². The van der Waals surface area contributed by atoms with E-state index in [1.807, 2.05) is 0 Å². The number of hydrogen-bond donors (Lipinski definition) is 1. The summed E-state index contributed by atoms with van der Waals surface area (Å²) in [4.78, 5) is 11.1. The number of carboxylic acids is 1. The third-order valence-electron chi connectivity index (χ3n) is 3.59. The highest BCUT2D eigenvalue weighted by Crippen LogP contribution is 2.47. The summed E-state index contributed by atoms with van der Waals surface area (Å²) in [5, 5.41) is 9.12. The lowest BCUT2D eigenvalue weighted by molar-refractivity contribution is -0.153. The lowest BCUT2D eigenvalue weighted by Crippen LogP contribution is -2.38. The molecule has 3 heteroatoms. The van der Waals surface area contributed by atoms with Gasteiger partial charge < -0.3 is 5.11 Å². The standard InChI is InChI=1S/C11H19FO2/c1-10(2)3-5-11(6-4-10,7-8-12)9(13)14/h3-8H2,1-2H3,(H,13,14). The van der Waals surface area contributed by atoms with E-state index in [4.69, 9.17) is 5.11 Å². The van der Waals surface area contributed by atoms with E-state index in [0.29, 0.717) is 12.8 Å². The Bertz CT molecular complexity index is 213.